The Morgan fingerprint density at radius 2 is 2.09 bits per heavy atom. The van der Waals surface area contributed by atoms with E-state index in [1.165, 1.54) is 5.56 Å². The maximum Gasteiger partial charge on any atom is 0.284 e. The van der Waals surface area contributed by atoms with Gasteiger partial charge in [-0.2, -0.15) is 5.26 Å². The van der Waals surface area contributed by atoms with Crippen molar-refractivity contribution < 1.29 is 13.9 Å². The molecule has 8 heteroatoms. The Kier molecular flexibility index (Phi) is 6.78. The van der Waals surface area contributed by atoms with E-state index in [-0.39, 0.29) is 5.76 Å². The number of fused-ring (bicyclic) bond motifs is 2. The molecule has 0 fully saturated rings. The summed E-state index contributed by atoms with van der Waals surface area (Å²) in [5.74, 6) is 0.0722. The molecular weight excluding hydrogens is 472 g/mol. The van der Waals surface area contributed by atoms with Gasteiger partial charge in [0.1, 0.15) is 6.61 Å². The number of carbonyl (C=O) groups is 1. The standard InChI is InChI=1S/C24H23BrN4O3/c25-18-10-17-11-22(24(27)30)32-23(17)21(12-18)31-8-7-28-6-2-1-3-16-14-29-20-5-4-15(13-26)9-19(16)20/h4-5,9-12,14,28-29H,1-3,6-8H2,(H2,27,30). The fraction of sp³-hybridized carbons (Fsp3) is 0.250. The zero-order chi connectivity index (χ0) is 22.5. The second-order valence-electron chi connectivity index (χ2n) is 7.54. The van der Waals surface area contributed by atoms with Gasteiger partial charge in [0, 0.05) is 33.5 Å². The molecule has 0 spiro atoms. The third kappa shape index (κ3) is 4.96. The fourth-order valence-electron chi connectivity index (χ4n) is 3.69. The number of rotatable bonds is 10. The molecule has 164 valence electrons. The highest BCUT2D eigenvalue weighted by atomic mass is 79.9. The minimum atomic E-state index is -0.608. The third-order valence-corrected chi connectivity index (χ3v) is 5.73. The summed E-state index contributed by atoms with van der Waals surface area (Å²) in [7, 11) is 0. The van der Waals surface area contributed by atoms with Crippen LogP contribution in [-0.4, -0.2) is 30.6 Å². The first-order valence-corrected chi connectivity index (χ1v) is 11.2. The highest BCUT2D eigenvalue weighted by Gasteiger charge is 2.14. The SMILES string of the molecule is N#Cc1ccc2[nH]cc(CCCCNCCOc3cc(Br)cc4cc(C(N)=O)oc34)c2c1. The molecule has 4 aromatic rings. The van der Waals surface area contributed by atoms with Crippen molar-refractivity contribution in [2.75, 3.05) is 19.7 Å². The van der Waals surface area contributed by atoms with Gasteiger partial charge in [-0.15, -0.1) is 0 Å². The Morgan fingerprint density at radius 1 is 1.22 bits per heavy atom. The number of aromatic amines is 1. The van der Waals surface area contributed by atoms with E-state index in [4.69, 9.17) is 20.1 Å². The quantitative estimate of drug-likeness (QED) is 0.277. The molecule has 0 saturated carbocycles. The average molecular weight is 495 g/mol. The minimum absolute atomic E-state index is 0.111. The highest BCUT2D eigenvalue weighted by Crippen LogP contribution is 2.32. The van der Waals surface area contributed by atoms with Crippen LogP contribution in [0.15, 0.2) is 51.5 Å². The normalized spacial score (nSPS) is 11.1. The van der Waals surface area contributed by atoms with E-state index < -0.39 is 5.91 Å². The zero-order valence-corrected chi connectivity index (χ0v) is 19.0. The van der Waals surface area contributed by atoms with Crippen molar-refractivity contribution in [3.63, 3.8) is 0 Å². The number of hydrogen-bond acceptors (Lipinski definition) is 5. The summed E-state index contributed by atoms with van der Waals surface area (Å²) in [6.07, 6.45) is 5.08. The molecule has 0 bridgehead atoms. The number of hydrogen-bond donors (Lipinski definition) is 3. The number of nitrogens with zero attached hydrogens (tertiary/aromatic N) is 1. The van der Waals surface area contributed by atoms with Crippen molar-refractivity contribution in [2.24, 2.45) is 5.73 Å². The Bertz CT molecular complexity index is 1300. The average Bonchev–Trinajstić information content (AvgIpc) is 3.39. The first-order valence-electron chi connectivity index (χ1n) is 10.4. The van der Waals surface area contributed by atoms with Crippen molar-refractivity contribution >= 4 is 43.7 Å². The van der Waals surface area contributed by atoms with Gasteiger partial charge in [0.2, 0.25) is 0 Å². The molecule has 4 rings (SSSR count). The highest BCUT2D eigenvalue weighted by molar-refractivity contribution is 9.10. The number of halogens is 1. The Balaban J connectivity index is 1.21. The van der Waals surface area contributed by atoms with Gasteiger partial charge in [0.05, 0.1) is 11.6 Å². The summed E-state index contributed by atoms with van der Waals surface area (Å²) in [4.78, 5) is 14.6. The molecule has 7 nitrogen and oxygen atoms in total. The lowest BCUT2D eigenvalue weighted by Gasteiger charge is -2.08. The fourth-order valence-corrected chi connectivity index (χ4v) is 4.15. The lowest BCUT2D eigenvalue weighted by Crippen LogP contribution is -2.22. The van der Waals surface area contributed by atoms with Gasteiger partial charge in [0.25, 0.3) is 5.91 Å². The number of aryl methyl sites for hydroxylation is 1. The lowest BCUT2D eigenvalue weighted by atomic mass is 10.1. The molecule has 0 saturated heterocycles. The molecule has 0 atom stereocenters. The van der Waals surface area contributed by atoms with Crippen molar-refractivity contribution in [3.8, 4) is 11.8 Å². The Labute approximate surface area is 193 Å². The smallest absolute Gasteiger partial charge is 0.284 e. The minimum Gasteiger partial charge on any atom is -0.488 e. The molecule has 0 aliphatic carbocycles. The van der Waals surface area contributed by atoms with E-state index in [1.807, 2.05) is 36.5 Å². The number of ether oxygens (including phenoxy) is 1. The second kappa shape index (κ2) is 9.90. The molecule has 32 heavy (non-hydrogen) atoms. The summed E-state index contributed by atoms with van der Waals surface area (Å²) >= 11 is 3.45. The van der Waals surface area contributed by atoms with Gasteiger partial charge in [-0.25, -0.2) is 0 Å². The van der Waals surface area contributed by atoms with Gasteiger partial charge >= 0.3 is 0 Å². The van der Waals surface area contributed by atoms with Crippen LogP contribution in [-0.2, 0) is 6.42 Å². The van der Waals surface area contributed by atoms with E-state index in [0.717, 1.165) is 46.6 Å². The Morgan fingerprint density at radius 3 is 2.91 bits per heavy atom. The van der Waals surface area contributed by atoms with Crippen LogP contribution in [0.5, 0.6) is 5.75 Å². The van der Waals surface area contributed by atoms with E-state index in [0.29, 0.717) is 30.0 Å². The van der Waals surface area contributed by atoms with E-state index in [9.17, 15) is 4.79 Å². The summed E-state index contributed by atoms with van der Waals surface area (Å²) in [5.41, 5.74) is 8.81. The molecule has 0 unspecified atom stereocenters. The van der Waals surface area contributed by atoms with E-state index in [2.05, 4.69) is 32.3 Å². The predicted molar refractivity (Wildman–Crippen MR) is 127 cm³/mol. The maximum absolute atomic E-state index is 11.4. The molecule has 0 aliphatic heterocycles. The summed E-state index contributed by atoms with van der Waals surface area (Å²) in [5, 5.41) is 14.4. The number of nitrogens with two attached hydrogens (primary N) is 1. The number of aromatic nitrogens is 1. The van der Waals surface area contributed by atoms with Crippen LogP contribution < -0.4 is 15.8 Å². The van der Waals surface area contributed by atoms with Crippen LogP contribution in [0.1, 0.15) is 34.5 Å². The van der Waals surface area contributed by atoms with Gasteiger partial charge < -0.3 is 25.2 Å². The van der Waals surface area contributed by atoms with E-state index >= 15 is 0 Å². The number of carbonyl (C=O) groups excluding carboxylic acids is 1. The molecule has 0 aliphatic rings. The first kappa shape index (κ1) is 21.9. The number of benzene rings is 2. The number of nitriles is 1. The van der Waals surface area contributed by atoms with Crippen molar-refractivity contribution in [1.29, 1.82) is 5.26 Å². The molecule has 2 aromatic heterocycles. The third-order valence-electron chi connectivity index (χ3n) is 5.27. The number of furan rings is 1. The molecule has 2 heterocycles. The van der Waals surface area contributed by atoms with Crippen LogP contribution in [0.3, 0.4) is 0 Å². The van der Waals surface area contributed by atoms with Gasteiger partial charge in [-0.3, -0.25) is 4.79 Å². The van der Waals surface area contributed by atoms with Crippen LogP contribution in [0.25, 0.3) is 21.9 Å². The van der Waals surface area contributed by atoms with E-state index in [1.54, 1.807) is 6.07 Å². The first-order chi connectivity index (χ1) is 15.5. The summed E-state index contributed by atoms with van der Waals surface area (Å²) in [6, 6.07) is 13.2. The second-order valence-corrected chi connectivity index (χ2v) is 8.45. The number of amides is 1. The predicted octanol–water partition coefficient (Wildman–Crippen LogP) is 4.64. The van der Waals surface area contributed by atoms with Gasteiger partial charge in [-0.05, 0) is 67.8 Å². The molecule has 0 radical (unpaired) electrons. The lowest BCUT2D eigenvalue weighted by molar-refractivity contribution is 0.0976. The number of H-pyrrole nitrogens is 1. The Hall–Kier alpha value is -3.28. The summed E-state index contributed by atoms with van der Waals surface area (Å²) < 4.78 is 12.2. The molecule has 2 aromatic carbocycles. The van der Waals surface area contributed by atoms with Gasteiger partial charge in [-0.1, -0.05) is 15.9 Å². The number of nitrogens with one attached hydrogen (secondary N) is 2. The molecule has 1 amide bonds. The summed E-state index contributed by atoms with van der Waals surface area (Å²) in [6.45, 7) is 2.04. The van der Waals surface area contributed by atoms with Crippen molar-refractivity contribution in [3.05, 3.63) is 64.0 Å². The van der Waals surface area contributed by atoms with Crippen LogP contribution >= 0.6 is 15.9 Å². The monoisotopic (exact) mass is 494 g/mol. The maximum atomic E-state index is 11.4. The number of primary amides is 1. The topological polar surface area (TPSA) is 117 Å². The van der Waals surface area contributed by atoms with Gasteiger partial charge in [0.15, 0.2) is 17.1 Å². The van der Waals surface area contributed by atoms with Crippen molar-refractivity contribution in [1.82, 2.24) is 10.3 Å². The van der Waals surface area contributed by atoms with Crippen LogP contribution in [0.4, 0.5) is 0 Å². The zero-order valence-electron chi connectivity index (χ0n) is 17.4. The van der Waals surface area contributed by atoms with Crippen molar-refractivity contribution in [2.45, 2.75) is 19.3 Å². The van der Waals surface area contributed by atoms with Crippen LogP contribution in [0, 0.1) is 11.3 Å². The largest absolute Gasteiger partial charge is 0.488 e. The molecular formula is C24H23BrN4O3. The van der Waals surface area contributed by atoms with Crippen LogP contribution in [0.2, 0.25) is 0 Å². The number of unbranched alkanes of at least 4 members (excludes halogenated alkanes) is 1. The molecule has 4 N–H and O–H groups in total.